The van der Waals surface area contributed by atoms with Gasteiger partial charge in [0, 0.05) is 24.5 Å². The number of nitrogens with zero attached hydrogens (tertiary/aromatic N) is 3. The van der Waals surface area contributed by atoms with E-state index < -0.39 is 0 Å². The van der Waals surface area contributed by atoms with Gasteiger partial charge in [-0.3, -0.25) is 9.59 Å². The molecule has 6 heteroatoms. The summed E-state index contributed by atoms with van der Waals surface area (Å²) >= 11 is 0. The summed E-state index contributed by atoms with van der Waals surface area (Å²) in [4.78, 5) is 27.5. The number of aryl methyl sites for hydroxylation is 1. The van der Waals surface area contributed by atoms with Crippen molar-refractivity contribution in [3.05, 3.63) is 102 Å². The zero-order chi connectivity index (χ0) is 23.2. The lowest BCUT2D eigenvalue weighted by molar-refractivity contribution is -0.116. The van der Waals surface area contributed by atoms with E-state index in [-0.39, 0.29) is 18.4 Å². The molecule has 33 heavy (non-hydrogen) atoms. The Bertz CT molecular complexity index is 1250. The van der Waals surface area contributed by atoms with Crippen molar-refractivity contribution >= 4 is 17.5 Å². The van der Waals surface area contributed by atoms with E-state index >= 15 is 0 Å². The average molecular weight is 439 g/mol. The van der Waals surface area contributed by atoms with Crippen molar-refractivity contribution in [2.24, 2.45) is 0 Å². The number of likely N-dealkylation sites (N-methyl/N-ethyl adjacent to an activating group) is 1. The van der Waals surface area contributed by atoms with Gasteiger partial charge in [-0.15, -0.1) is 0 Å². The summed E-state index contributed by atoms with van der Waals surface area (Å²) in [6, 6.07) is 26.9. The minimum atomic E-state index is -0.269. The van der Waals surface area contributed by atoms with Gasteiger partial charge in [-0.2, -0.15) is 5.10 Å². The summed E-state index contributed by atoms with van der Waals surface area (Å²) < 4.78 is 1.70. The second-order valence-corrected chi connectivity index (χ2v) is 7.76. The number of hydrogen-bond acceptors (Lipinski definition) is 3. The first-order chi connectivity index (χ1) is 16.1. The van der Waals surface area contributed by atoms with Crippen LogP contribution in [0, 0.1) is 0 Å². The van der Waals surface area contributed by atoms with Crippen LogP contribution in [-0.4, -0.2) is 40.1 Å². The SMILES string of the molecule is CCc1ccccc1NC(=O)CN(C)C(=O)c1cn(-c2ccccc2)nc1-c1ccccc1. The summed E-state index contributed by atoms with van der Waals surface area (Å²) in [5.74, 6) is -0.515. The Morgan fingerprint density at radius 1 is 0.909 bits per heavy atom. The number of benzene rings is 3. The maximum Gasteiger partial charge on any atom is 0.257 e. The highest BCUT2D eigenvalue weighted by atomic mass is 16.2. The van der Waals surface area contributed by atoms with Crippen molar-refractivity contribution in [1.82, 2.24) is 14.7 Å². The zero-order valence-electron chi connectivity index (χ0n) is 18.7. The van der Waals surface area contributed by atoms with Crippen LogP contribution >= 0.6 is 0 Å². The molecule has 2 amide bonds. The number of carbonyl (C=O) groups is 2. The molecule has 0 saturated heterocycles. The predicted octanol–water partition coefficient (Wildman–Crippen LogP) is 4.81. The number of rotatable bonds is 7. The number of aromatic nitrogens is 2. The fraction of sp³-hybridized carbons (Fsp3) is 0.148. The van der Waals surface area contributed by atoms with Gasteiger partial charge >= 0.3 is 0 Å². The third-order valence-corrected chi connectivity index (χ3v) is 5.41. The van der Waals surface area contributed by atoms with Crippen molar-refractivity contribution in [3.63, 3.8) is 0 Å². The maximum atomic E-state index is 13.4. The zero-order valence-corrected chi connectivity index (χ0v) is 18.7. The number of carbonyl (C=O) groups excluding carboxylic acids is 2. The normalized spacial score (nSPS) is 10.6. The molecule has 0 radical (unpaired) electrons. The summed E-state index contributed by atoms with van der Waals surface area (Å²) in [5.41, 5.74) is 4.53. The first-order valence-electron chi connectivity index (χ1n) is 10.9. The number of anilines is 1. The quantitative estimate of drug-likeness (QED) is 0.450. The monoisotopic (exact) mass is 438 g/mol. The first-order valence-corrected chi connectivity index (χ1v) is 10.9. The maximum absolute atomic E-state index is 13.4. The average Bonchev–Trinajstić information content (AvgIpc) is 3.30. The standard InChI is InChI=1S/C27H26N4O2/c1-3-20-12-10-11-17-24(20)28-25(32)19-30(2)27(33)23-18-31(22-15-8-5-9-16-22)29-26(23)21-13-6-4-7-14-21/h4-18H,3,19H2,1-2H3,(H,28,32). The van der Waals surface area contributed by atoms with E-state index in [4.69, 9.17) is 5.10 Å². The molecule has 1 N–H and O–H groups in total. The van der Waals surface area contributed by atoms with Gasteiger partial charge in [0.25, 0.3) is 5.91 Å². The van der Waals surface area contributed by atoms with Crippen LogP contribution in [0.3, 0.4) is 0 Å². The highest BCUT2D eigenvalue weighted by molar-refractivity contribution is 6.02. The van der Waals surface area contributed by atoms with E-state index in [2.05, 4.69) is 5.32 Å². The van der Waals surface area contributed by atoms with Gasteiger partial charge in [0.15, 0.2) is 0 Å². The molecule has 0 saturated carbocycles. The van der Waals surface area contributed by atoms with Crippen molar-refractivity contribution in [3.8, 4) is 16.9 Å². The van der Waals surface area contributed by atoms with Crippen LogP contribution in [0.5, 0.6) is 0 Å². The molecule has 0 aliphatic carbocycles. The highest BCUT2D eigenvalue weighted by Crippen LogP contribution is 2.25. The molecule has 0 fully saturated rings. The fourth-order valence-corrected chi connectivity index (χ4v) is 3.69. The molecule has 0 aliphatic rings. The van der Waals surface area contributed by atoms with E-state index in [1.165, 1.54) is 4.90 Å². The molecular weight excluding hydrogens is 412 g/mol. The van der Waals surface area contributed by atoms with Gasteiger partial charge in [0.1, 0.15) is 5.69 Å². The Kier molecular flexibility index (Phi) is 6.64. The van der Waals surface area contributed by atoms with Crippen LogP contribution in [0.1, 0.15) is 22.8 Å². The largest absolute Gasteiger partial charge is 0.332 e. The van der Waals surface area contributed by atoms with Crippen LogP contribution in [0.25, 0.3) is 16.9 Å². The minimum absolute atomic E-state index is 0.0678. The van der Waals surface area contributed by atoms with Gasteiger partial charge in [-0.05, 0) is 30.2 Å². The molecule has 1 aromatic heterocycles. The summed E-state index contributed by atoms with van der Waals surface area (Å²) in [7, 11) is 1.63. The molecule has 0 aliphatic heterocycles. The Hall–Kier alpha value is -4.19. The molecule has 4 aromatic rings. The summed E-state index contributed by atoms with van der Waals surface area (Å²) in [6.07, 6.45) is 2.53. The number of amides is 2. The number of para-hydroxylation sites is 2. The van der Waals surface area contributed by atoms with E-state index in [1.807, 2.05) is 91.9 Å². The molecule has 6 nitrogen and oxygen atoms in total. The van der Waals surface area contributed by atoms with Crippen LogP contribution in [0.4, 0.5) is 5.69 Å². The second kappa shape index (κ2) is 9.96. The van der Waals surface area contributed by atoms with Crippen LogP contribution < -0.4 is 5.32 Å². The third kappa shape index (κ3) is 5.01. The van der Waals surface area contributed by atoms with E-state index in [0.29, 0.717) is 11.3 Å². The van der Waals surface area contributed by atoms with Gasteiger partial charge in [-0.25, -0.2) is 4.68 Å². The van der Waals surface area contributed by atoms with Crippen molar-refractivity contribution < 1.29 is 9.59 Å². The van der Waals surface area contributed by atoms with Crippen LogP contribution in [0.2, 0.25) is 0 Å². The van der Waals surface area contributed by atoms with Crippen molar-refractivity contribution in [2.45, 2.75) is 13.3 Å². The Labute approximate surface area is 193 Å². The first kappa shape index (κ1) is 22.0. The Morgan fingerprint density at radius 2 is 1.55 bits per heavy atom. The molecule has 0 atom stereocenters. The third-order valence-electron chi connectivity index (χ3n) is 5.41. The van der Waals surface area contributed by atoms with Gasteiger partial charge < -0.3 is 10.2 Å². The highest BCUT2D eigenvalue weighted by Gasteiger charge is 2.23. The van der Waals surface area contributed by atoms with Crippen LogP contribution in [0.15, 0.2) is 91.1 Å². The predicted molar refractivity (Wildman–Crippen MR) is 130 cm³/mol. The smallest absolute Gasteiger partial charge is 0.257 e. The van der Waals surface area contributed by atoms with Crippen molar-refractivity contribution in [2.75, 3.05) is 18.9 Å². The lowest BCUT2D eigenvalue weighted by Crippen LogP contribution is -2.35. The molecule has 0 unspecified atom stereocenters. The molecule has 3 aromatic carbocycles. The van der Waals surface area contributed by atoms with E-state index in [1.54, 1.807) is 17.9 Å². The van der Waals surface area contributed by atoms with Gasteiger partial charge in [-0.1, -0.05) is 73.7 Å². The lowest BCUT2D eigenvalue weighted by Gasteiger charge is -2.17. The summed E-state index contributed by atoms with van der Waals surface area (Å²) in [5, 5.41) is 7.61. The molecule has 0 spiro atoms. The molecule has 0 bridgehead atoms. The number of nitrogens with one attached hydrogen (secondary N) is 1. The second-order valence-electron chi connectivity index (χ2n) is 7.76. The van der Waals surface area contributed by atoms with E-state index in [0.717, 1.165) is 28.9 Å². The fourth-order valence-electron chi connectivity index (χ4n) is 3.69. The molecule has 4 rings (SSSR count). The van der Waals surface area contributed by atoms with E-state index in [9.17, 15) is 9.59 Å². The Morgan fingerprint density at radius 3 is 2.24 bits per heavy atom. The van der Waals surface area contributed by atoms with Crippen LogP contribution in [-0.2, 0) is 11.2 Å². The Balaban J connectivity index is 1.59. The van der Waals surface area contributed by atoms with Gasteiger partial charge in [0.2, 0.25) is 5.91 Å². The molecule has 166 valence electrons. The van der Waals surface area contributed by atoms with Gasteiger partial charge in [0.05, 0.1) is 17.8 Å². The molecule has 1 heterocycles. The summed E-state index contributed by atoms with van der Waals surface area (Å²) in [6.45, 7) is 1.97. The molecular formula is C27H26N4O2. The topological polar surface area (TPSA) is 67.2 Å². The van der Waals surface area contributed by atoms with Crippen molar-refractivity contribution in [1.29, 1.82) is 0 Å². The lowest BCUT2D eigenvalue weighted by atomic mass is 10.1. The number of hydrogen-bond donors (Lipinski definition) is 1. The minimum Gasteiger partial charge on any atom is -0.332 e.